The molecule has 0 spiro atoms. The fourth-order valence-corrected chi connectivity index (χ4v) is 2.66. The van der Waals surface area contributed by atoms with Gasteiger partial charge in [-0.2, -0.15) is 5.26 Å². The minimum Gasteiger partial charge on any atom is -0.405 e. The first-order valence-electron chi connectivity index (χ1n) is 5.90. The van der Waals surface area contributed by atoms with Gasteiger partial charge in [-0.3, -0.25) is 4.79 Å². The van der Waals surface area contributed by atoms with E-state index < -0.39 is 17.7 Å². The lowest BCUT2D eigenvalue weighted by atomic mass is 10.1. The first-order valence-corrected chi connectivity index (χ1v) is 7.91. The Kier molecular flexibility index (Phi) is 5.01. The maximum Gasteiger partial charge on any atom is 0.573 e. The van der Waals surface area contributed by atoms with Crippen LogP contribution in [0.5, 0.6) is 5.75 Å². The fourth-order valence-electron chi connectivity index (χ4n) is 1.75. The zero-order valence-electron chi connectivity index (χ0n) is 11.4. The number of aromatic amines is 1. The molecule has 0 aliphatic carbocycles. The normalized spacial score (nSPS) is 11.1. The molecule has 0 aliphatic rings. The zero-order valence-corrected chi connectivity index (χ0v) is 13.8. The van der Waals surface area contributed by atoms with E-state index in [-0.39, 0.29) is 26.4 Å². The summed E-state index contributed by atoms with van der Waals surface area (Å²) >= 11 is 4.14. The van der Waals surface area contributed by atoms with Crippen LogP contribution >= 0.6 is 27.7 Å². The van der Waals surface area contributed by atoms with Crippen molar-refractivity contribution in [3.8, 4) is 23.1 Å². The van der Waals surface area contributed by atoms with Gasteiger partial charge in [0.25, 0.3) is 5.56 Å². The van der Waals surface area contributed by atoms with Crippen LogP contribution in [-0.4, -0.2) is 22.6 Å². The van der Waals surface area contributed by atoms with Crippen molar-refractivity contribution in [3.63, 3.8) is 0 Å². The van der Waals surface area contributed by atoms with Crippen molar-refractivity contribution < 1.29 is 17.9 Å². The highest BCUT2D eigenvalue weighted by atomic mass is 79.9. The lowest BCUT2D eigenvalue weighted by Crippen LogP contribution is -2.18. The number of hydrogen-bond donors (Lipinski definition) is 1. The van der Waals surface area contributed by atoms with Crippen LogP contribution in [-0.2, 0) is 0 Å². The standard InChI is InChI=1S/C13H7BrF3N3O2S/c1-23-12-19-10(7(5-18)11(21)20-12)6-3-2-4-8(9(6)14)22-13(15,16)17/h2-4H,1H3,(H,19,20,21). The molecular weight excluding hydrogens is 399 g/mol. The number of nitrogens with one attached hydrogen (secondary N) is 1. The van der Waals surface area contributed by atoms with Gasteiger partial charge in [0, 0.05) is 5.56 Å². The monoisotopic (exact) mass is 405 g/mol. The van der Waals surface area contributed by atoms with Gasteiger partial charge in [0.05, 0.1) is 10.2 Å². The number of hydrogen-bond acceptors (Lipinski definition) is 5. The molecule has 10 heteroatoms. The van der Waals surface area contributed by atoms with Crippen LogP contribution in [0.25, 0.3) is 11.3 Å². The summed E-state index contributed by atoms with van der Waals surface area (Å²) in [5.74, 6) is -0.494. The summed E-state index contributed by atoms with van der Waals surface area (Å²) in [5, 5.41) is 9.36. The van der Waals surface area contributed by atoms with Gasteiger partial charge in [-0.05, 0) is 28.3 Å². The Bertz CT molecular complexity index is 846. The molecule has 0 radical (unpaired) electrons. The maximum atomic E-state index is 12.4. The number of aromatic nitrogens is 2. The third kappa shape index (κ3) is 3.86. The minimum atomic E-state index is -4.87. The van der Waals surface area contributed by atoms with E-state index in [1.165, 1.54) is 12.1 Å². The van der Waals surface area contributed by atoms with Crippen molar-refractivity contribution in [2.24, 2.45) is 0 Å². The van der Waals surface area contributed by atoms with Crippen LogP contribution in [0.15, 0.2) is 32.6 Å². The van der Waals surface area contributed by atoms with E-state index in [1.807, 2.05) is 0 Å². The van der Waals surface area contributed by atoms with E-state index in [0.717, 1.165) is 17.8 Å². The third-order valence-corrected chi connectivity index (χ3v) is 4.04. The van der Waals surface area contributed by atoms with E-state index in [9.17, 15) is 18.0 Å². The Morgan fingerprint density at radius 3 is 2.70 bits per heavy atom. The summed E-state index contributed by atoms with van der Waals surface area (Å²) in [6.45, 7) is 0. The van der Waals surface area contributed by atoms with E-state index in [4.69, 9.17) is 5.26 Å². The molecule has 0 fully saturated rings. The number of ether oxygens (including phenoxy) is 1. The van der Waals surface area contributed by atoms with Crippen LogP contribution < -0.4 is 10.3 Å². The molecule has 0 atom stereocenters. The predicted octanol–water partition coefficient (Wildman–Crippen LogP) is 3.69. The van der Waals surface area contributed by atoms with Crippen molar-refractivity contribution in [2.45, 2.75) is 11.5 Å². The van der Waals surface area contributed by atoms with Gasteiger partial charge in [-0.1, -0.05) is 23.9 Å². The highest BCUT2D eigenvalue weighted by Gasteiger charge is 2.32. The predicted molar refractivity (Wildman–Crippen MR) is 81.2 cm³/mol. The molecule has 0 saturated heterocycles. The highest BCUT2D eigenvalue weighted by molar-refractivity contribution is 9.10. The van der Waals surface area contributed by atoms with Gasteiger partial charge in [-0.25, -0.2) is 4.98 Å². The first kappa shape index (κ1) is 17.4. The fraction of sp³-hybridized carbons (Fsp3) is 0.154. The summed E-state index contributed by atoms with van der Waals surface area (Å²) in [5.41, 5.74) is -0.853. The summed E-state index contributed by atoms with van der Waals surface area (Å²) in [4.78, 5) is 18.4. The number of nitrogens with zero attached hydrogens (tertiary/aromatic N) is 2. The Morgan fingerprint density at radius 1 is 1.43 bits per heavy atom. The second kappa shape index (κ2) is 6.64. The maximum absolute atomic E-state index is 12.4. The van der Waals surface area contributed by atoms with Gasteiger partial charge in [0.15, 0.2) is 5.16 Å². The van der Waals surface area contributed by atoms with Gasteiger partial charge in [0.1, 0.15) is 17.4 Å². The van der Waals surface area contributed by atoms with Crippen molar-refractivity contribution >= 4 is 27.7 Å². The van der Waals surface area contributed by atoms with Crippen molar-refractivity contribution in [3.05, 3.63) is 38.6 Å². The van der Waals surface area contributed by atoms with Gasteiger partial charge < -0.3 is 9.72 Å². The second-order valence-corrected chi connectivity index (χ2v) is 5.66. The van der Waals surface area contributed by atoms with Gasteiger partial charge >= 0.3 is 6.36 Å². The third-order valence-electron chi connectivity index (χ3n) is 2.65. The number of benzene rings is 1. The molecule has 0 unspecified atom stereocenters. The van der Waals surface area contributed by atoms with Crippen LogP contribution in [0.1, 0.15) is 5.56 Å². The van der Waals surface area contributed by atoms with Crippen LogP contribution in [0.3, 0.4) is 0 Å². The van der Waals surface area contributed by atoms with Crippen molar-refractivity contribution in [2.75, 3.05) is 6.26 Å². The zero-order chi connectivity index (χ0) is 17.2. The molecule has 2 rings (SSSR count). The van der Waals surface area contributed by atoms with Crippen LogP contribution in [0, 0.1) is 11.3 Å². The molecule has 0 saturated carbocycles. The van der Waals surface area contributed by atoms with Crippen LogP contribution in [0.2, 0.25) is 0 Å². The topological polar surface area (TPSA) is 78.8 Å². The Morgan fingerprint density at radius 2 is 2.13 bits per heavy atom. The smallest absolute Gasteiger partial charge is 0.405 e. The van der Waals surface area contributed by atoms with E-state index in [1.54, 1.807) is 12.3 Å². The van der Waals surface area contributed by atoms with E-state index in [2.05, 4.69) is 30.6 Å². The summed E-state index contributed by atoms with van der Waals surface area (Å²) < 4.78 is 41.1. The van der Waals surface area contributed by atoms with Crippen LogP contribution in [0.4, 0.5) is 13.2 Å². The Labute approximate surface area is 140 Å². The lowest BCUT2D eigenvalue weighted by Gasteiger charge is -2.13. The summed E-state index contributed by atoms with van der Waals surface area (Å²) in [6.07, 6.45) is -3.21. The Balaban J connectivity index is 2.68. The Hall–Kier alpha value is -1.99. The number of H-pyrrole nitrogens is 1. The second-order valence-electron chi connectivity index (χ2n) is 4.08. The molecule has 1 aromatic heterocycles. The number of halogens is 4. The molecule has 5 nitrogen and oxygen atoms in total. The number of rotatable bonds is 3. The molecule has 2 aromatic rings. The quantitative estimate of drug-likeness (QED) is 0.622. The molecule has 120 valence electrons. The molecule has 1 N–H and O–H groups in total. The molecule has 1 heterocycles. The average molecular weight is 406 g/mol. The van der Waals surface area contributed by atoms with E-state index in [0.29, 0.717) is 0 Å². The minimum absolute atomic E-state index is 0.0277. The number of nitriles is 1. The molecule has 1 aromatic carbocycles. The highest BCUT2D eigenvalue weighted by Crippen LogP contribution is 2.38. The molecular formula is C13H7BrF3N3O2S. The molecule has 0 amide bonds. The van der Waals surface area contributed by atoms with E-state index >= 15 is 0 Å². The van der Waals surface area contributed by atoms with Crippen molar-refractivity contribution in [1.29, 1.82) is 5.26 Å². The molecule has 0 aliphatic heterocycles. The first-order chi connectivity index (χ1) is 10.8. The summed E-state index contributed by atoms with van der Waals surface area (Å²) in [6, 6.07) is 5.56. The SMILES string of the molecule is CSc1nc(-c2cccc(OC(F)(F)F)c2Br)c(C#N)c(=O)[nH]1. The molecule has 0 bridgehead atoms. The largest absolute Gasteiger partial charge is 0.573 e. The lowest BCUT2D eigenvalue weighted by molar-refractivity contribution is -0.274. The molecule has 23 heavy (non-hydrogen) atoms. The summed E-state index contributed by atoms with van der Waals surface area (Å²) in [7, 11) is 0. The van der Waals surface area contributed by atoms with Crippen molar-refractivity contribution in [1.82, 2.24) is 9.97 Å². The number of alkyl halides is 3. The van der Waals surface area contributed by atoms with Gasteiger partial charge in [0.2, 0.25) is 0 Å². The average Bonchev–Trinajstić information content (AvgIpc) is 2.47. The number of thioether (sulfide) groups is 1. The van der Waals surface area contributed by atoms with Gasteiger partial charge in [-0.15, -0.1) is 13.2 Å².